The van der Waals surface area contributed by atoms with Crippen LogP contribution in [0.5, 0.6) is 0 Å². The molecule has 0 radical (unpaired) electrons. The standard InChI is InChI=1S/C20H25N3O2/c1-14-7-9-15(10-8-14)16-13-21-19(22-16)17-5-2-3-11-23(17)20(24)18-6-4-12-25-18/h7-10,13,17-18H,2-6,11-12H2,1H3,(H,21,22). The predicted molar refractivity (Wildman–Crippen MR) is 96.0 cm³/mol. The molecule has 132 valence electrons. The molecular formula is C20H25N3O2. The Kier molecular flexibility index (Phi) is 4.57. The van der Waals surface area contributed by atoms with E-state index in [4.69, 9.17) is 4.74 Å². The minimum atomic E-state index is -0.257. The van der Waals surface area contributed by atoms with Gasteiger partial charge in [-0.1, -0.05) is 29.8 Å². The molecule has 5 nitrogen and oxygen atoms in total. The van der Waals surface area contributed by atoms with Crippen LogP contribution in [0, 0.1) is 6.92 Å². The van der Waals surface area contributed by atoms with Crippen LogP contribution in [0.25, 0.3) is 11.3 Å². The summed E-state index contributed by atoms with van der Waals surface area (Å²) in [5.74, 6) is 1.03. The lowest BCUT2D eigenvalue weighted by Gasteiger charge is -2.35. The van der Waals surface area contributed by atoms with Crippen molar-refractivity contribution in [2.75, 3.05) is 13.2 Å². The highest BCUT2D eigenvalue weighted by atomic mass is 16.5. The number of nitrogens with zero attached hydrogens (tertiary/aromatic N) is 2. The molecule has 2 aliphatic heterocycles. The molecule has 2 atom stereocenters. The van der Waals surface area contributed by atoms with Gasteiger partial charge in [-0.2, -0.15) is 0 Å². The molecule has 1 aromatic carbocycles. The normalized spacial score (nSPS) is 23.8. The Balaban J connectivity index is 1.56. The first-order chi connectivity index (χ1) is 12.2. The average Bonchev–Trinajstić information content (AvgIpc) is 3.34. The number of H-pyrrole nitrogens is 1. The number of hydrogen-bond acceptors (Lipinski definition) is 3. The fraction of sp³-hybridized carbons (Fsp3) is 0.500. The molecule has 2 saturated heterocycles. The predicted octanol–water partition coefficient (Wildman–Crippen LogP) is 3.62. The summed E-state index contributed by atoms with van der Waals surface area (Å²) in [7, 11) is 0. The molecule has 25 heavy (non-hydrogen) atoms. The van der Waals surface area contributed by atoms with Gasteiger partial charge in [0.2, 0.25) is 0 Å². The first-order valence-electron chi connectivity index (χ1n) is 9.26. The maximum absolute atomic E-state index is 12.9. The molecule has 2 fully saturated rings. The zero-order valence-electron chi connectivity index (χ0n) is 14.7. The Morgan fingerprint density at radius 1 is 1.20 bits per heavy atom. The molecule has 0 spiro atoms. The summed E-state index contributed by atoms with van der Waals surface area (Å²) >= 11 is 0. The maximum atomic E-state index is 12.9. The van der Waals surface area contributed by atoms with Gasteiger partial charge in [-0.05, 0) is 44.6 Å². The lowest BCUT2D eigenvalue weighted by atomic mass is 10.0. The van der Waals surface area contributed by atoms with Crippen molar-refractivity contribution in [2.24, 2.45) is 0 Å². The Labute approximate surface area is 148 Å². The van der Waals surface area contributed by atoms with Gasteiger partial charge < -0.3 is 14.6 Å². The van der Waals surface area contributed by atoms with Crippen molar-refractivity contribution in [1.82, 2.24) is 14.9 Å². The number of amides is 1. The number of imidazole rings is 1. The topological polar surface area (TPSA) is 58.2 Å². The molecule has 1 aromatic heterocycles. The van der Waals surface area contributed by atoms with Crippen molar-refractivity contribution in [3.8, 4) is 11.3 Å². The molecule has 0 bridgehead atoms. The number of aromatic nitrogens is 2. The van der Waals surface area contributed by atoms with Crippen LogP contribution in [0.15, 0.2) is 30.5 Å². The largest absolute Gasteiger partial charge is 0.368 e. The summed E-state index contributed by atoms with van der Waals surface area (Å²) in [5, 5.41) is 0. The van der Waals surface area contributed by atoms with Crippen LogP contribution in [-0.4, -0.2) is 40.0 Å². The Bertz CT molecular complexity index is 732. The van der Waals surface area contributed by atoms with Crippen LogP contribution < -0.4 is 0 Å². The van der Waals surface area contributed by atoms with Crippen molar-refractivity contribution < 1.29 is 9.53 Å². The number of carbonyl (C=O) groups is 1. The number of ether oxygens (including phenoxy) is 1. The van der Waals surface area contributed by atoms with Gasteiger partial charge in [0.15, 0.2) is 0 Å². The minimum absolute atomic E-state index is 0.0321. The first kappa shape index (κ1) is 16.3. The molecule has 2 aromatic rings. The number of aromatic amines is 1. The molecule has 5 heteroatoms. The molecular weight excluding hydrogens is 314 g/mol. The maximum Gasteiger partial charge on any atom is 0.252 e. The molecule has 2 aliphatic rings. The van der Waals surface area contributed by atoms with Gasteiger partial charge in [0, 0.05) is 13.2 Å². The Morgan fingerprint density at radius 3 is 2.80 bits per heavy atom. The summed E-state index contributed by atoms with van der Waals surface area (Å²) in [6, 6.07) is 8.43. The van der Waals surface area contributed by atoms with Crippen LogP contribution in [0.4, 0.5) is 0 Å². The molecule has 1 N–H and O–H groups in total. The molecule has 0 aliphatic carbocycles. The van der Waals surface area contributed by atoms with Gasteiger partial charge in [0.05, 0.1) is 17.9 Å². The van der Waals surface area contributed by atoms with Gasteiger partial charge in [-0.25, -0.2) is 4.98 Å². The first-order valence-corrected chi connectivity index (χ1v) is 9.26. The highest BCUT2D eigenvalue weighted by Gasteiger charge is 2.35. The number of hydrogen-bond donors (Lipinski definition) is 1. The molecule has 4 rings (SSSR count). The number of rotatable bonds is 3. The van der Waals surface area contributed by atoms with Gasteiger partial charge in [-0.3, -0.25) is 4.79 Å². The van der Waals surface area contributed by atoms with Gasteiger partial charge in [-0.15, -0.1) is 0 Å². The number of piperidine rings is 1. The molecule has 1 amide bonds. The van der Waals surface area contributed by atoms with E-state index in [1.807, 2.05) is 11.1 Å². The lowest BCUT2D eigenvalue weighted by Crippen LogP contribution is -2.44. The van der Waals surface area contributed by atoms with E-state index in [1.54, 1.807) is 0 Å². The summed E-state index contributed by atoms with van der Waals surface area (Å²) in [6.45, 7) is 3.58. The van der Waals surface area contributed by atoms with Crippen molar-refractivity contribution in [2.45, 2.75) is 51.2 Å². The third kappa shape index (κ3) is 3.33. The summed E-state index contributed by atoms with van der Waals surface area (Å²) in [6.07, 6.45) is 6.58. The Morgan fingerprint density at radius 2 is 2.04 bits per heavy atom. The van der Waals surface area contributed by atoms with E-state index in [0.29, 0.717) is 6.61 Å². The van der Waals surface area contributed by atoms with Gasteiger partial charge in [0.1, 0.15) is 11.9 Å². The number of likely N-dealkylation sites (tertiary alicyclic amines) is 1. The van der Waals surface area contributed by atoms with Crippen molar-refractivity contribution in [3.63, 3.8) is 0 Å². The van der Waals surface area contributed by atoms with E-state index in [9.17, 15) is 4.79 Å². The van der Waals surface area contributed by atoms with Gasteiger partial charge >= 0.3 is 0 Å². The average molecular weight is 339 g/mol. The smallest absolute Gasteiger partial charge is 0.252 e. The highest BCUT2D eigenvalue weighted by molar-refractivity contribution is 5.81. The van der Waals surface area contributed by atoms with Crippen molar-refractivity contribution in [1.29, 1.82) is 0 Å². The van der Waals surface area contributed by atoms with Crippen LogP contribution >= 0.6 is 0 Å². The summed E-state index contributed by atoms with van der Waals surface area (Å²) in [5.41, 5.74) is 3.37. The third-order valence-corrected chi connectivity index (χ3v) is 5.26. The van der Waals surface area contributed by atoms with E-state index in [-0.39, 0.29) is 18.1 Å². The van der Waals surface area contributed by atoms with E-state index in [0.717, 1.165) is 55.7 Å². The lowest BCUT2D eigenvalue weighted by molar-refractivity contribution is -0.145. The molecule has 2 unspecified atom stereocenters. The van der Waals surface area contributed by atoms with Crippen molar-refractivity contribution in [3.05, 3.63) is 41.9 Å². The fourth-order valence-electron chi connectivity index (χ4n) is 3.82. The minimum Gasteiger partial charge on any atom is -0.368 e. The number of carbonyl (C=O) groups excluding carboxylic acids is 1. The SMILES string of the molecule is Cc1ccc(-c2cnc(C3CCCCN3C(=O)C3CCCO3)[nH]2)cc1. The number of aryl methyl sites for hydroxylation is 1. The second kappa shape index (κ2) is 7.00. The van der Waals surface area contributed by atoms with Crippen LogP contribution in [-0.2, 0) is 9.53 Å². The second-order valence-electron chi connectivity index (χ2n) is 7.09. The fourth-order valence-corrected chi connectivity index (χ4v) is 3.82. The number of nitrogens with one attached hydrogen (secondary N) is 1. The van der Waals surface area contributed by atoms with E-state index in [2.05, 4.69) is 41.2 Å². The number of benzene rings is 1. The third-order valence-electron chi connectivity index (χ3n) is 5.26. The molecule has 0 saturated carbocycles. The monoisotopic (exact) mass is 339 g/mol. The van der Waals surface area contributed by atoms with Gasteiger partial charge in [0.25, 0.3) is 5.91 Å². The van der Waals surface area contributed by atoms with Crippen LogP contribution in [0.2, 0.25) is 0 Å². The van der Waals surface area contributed by atoms with E-state index < -0.39 is 0 Å². The highest BCUT2D eigenvalue weighted by Crippen LogP contribution is 2.32. The Hall–Kier alpha value is -2.14. The van der Waals surface area contributed by atoms with Crippen LogP contribution in [0.3, 0.4) is 0 Å². The summed E-state index contributed by atoms with van der Waals surface area (Å²) < 4.78 is 5.62. The van der Waals surface area contributed by atoms with E-state index >= 15 is 0 Å². The van der Waals surface area contributed by atoms with E-state index in [1.165, 1.54) is 5.56 Å². The zero-order valence-corrected chi connectivity index (χ0v) is 14.7. The van der Waals surface area contributed by atoms with Crippen LogP contribution in [0.1, 0.15) is 49.5 Å². The second-order valence-corrected chi connectivity index (χ2v) is 7.09. The summed E-state index contributed by atoms with van der Waals surface area (Å²) in [4.78, 5) is 22.9. The quantitative estimate of drug-likeness (QED) is 0.929. The molecule has 3 heterocycles. The zero-order chi connectivity index (χ0) is 17.2. The van der Waals surface area contributed by atoms with Crippen molar-refractivity contribution >= 4 is 5.91 Å².